The summed E-state index contributed by atoms with van der Waals surface area (Å²) >= 11 is 0. The highest BCUT2D eigenvalue weighted by Crippen LogP contribution is 2.07. The molecule has 1 unspecified atom stereocenters. The lowest BCUT2D eigenvalue weighted by molar-refractivity contribution is 0.560. The quantitative estimate of drug-likeness (QED) is 0.367. The fourth-order valence-corrected chi connectivity index (χ4v) is 1.62. The minimum absolute atomic E-state index is 0.138. The number of unbranched alkanes of at least 4 members (excludes halogenated alkanes) is 6. The summed E-state index contributed by atoms with van der Waals surface area (Å²) in [5.41, 5.74) is 7.38. The summed E-state index contributed by atoms with van der Waals surface area (Å²) in [6, 6.07) is 0.138. The average Bonchev–Trinajstić information content (AvgIpc) is 2.20. The summed E-state index contributed by atoms with van der Waals surface area (Å²) in [5, 5.41) is 0. The van der Waals surface area contributed by atoms with Gasteiger partial charge in [0.15, 0.2) is 0 Å². The fraction of sp³-hybridized carbons (Fsp3) is 0.857. The maximum atomic E-state index is 7.38. The Bertz CT molecular complexity index is 138. The molecule has 0 aromatic carbocycles. The normalized spacial score (nSPS) is 13.5. The van der Waals surface area contributed by atoms with Crippen LogP contribution in [-0.2, 0) is 0 Å². The third-order valence-electron chi connectivity index (χ3n) is 2.65. The lowest BCUT2D eigenvalue weighted by Gasteiger charge is -2.02. The lowest BCUT2D eigenvalue weighted by Crippen LogP contribution is -2.00. The zero-order chi connectivity index (χ0) is 11.4. The second kappa shape index (κ2) is 11.8. The highest BCUT2D eigenvalue weighted by Gasteiger charge is 1.94. The highest BCUT2D eigenvalue weighted by atomic mass is 14.6. The van der Waals surface area contributed by atoms with Gasteiger partial charge in [-0.3, -0.25) is 5.73 Å². The van der Waals surface area contributed by atoms with Crippen molar-refractivity contribution in [2.45, 2.75) is 77.7 Å². The zero-order valence-electron chi connectivity index (χ0n) is 10.6. The van der Waals surface area contributed by atoms with E-state index in [0.717, 1.165) is 6.42 Å². The van der Waals surface area contributed by atoms with Crippen LogP contribution < -0.4 is 5.73 Å². The molecule has 0 amide bonds. The Balaban J connectivity index is 3.01. The van der Waals surface area contributed by atoms with Gasteiger partial charge in [0.1, 0.15) is 0 Å². The molecule has 0 saturated heterocycles. The molecule has 0 aliphatic carbocycles. The molecule has 0 aliphatic heterocycles. The number of nitrogens with one attached hydrogen (secondary N) is 1. The SMILES string of the molecule is CCCCC=CCCCCCCC(C)[NH]. The van der Waals surface area contributed by atoms with Crippen molar-refractivity contribution in [1.82, 2.24) is 5.73 Å². The Morgan fingerprint density at radius 2 is 1.53 bits per heavy atom. The van der Waals surface area contributed by atoms with E-state index in [1.165, 1.54) is 51.4 Å². The molecule has 0 bridgehead atoms. The third kappa shape index (κ3) is 13.7. The van der Waals surface area contributed by atoms with E-state index in [4.69, 9.17) is 5.73 Å². The summed E-state index contributed by atoms with van der Waals surface area (Å²) in [7, 11) is 0. The zero-order valence-corrected chi connectivity index (χ0v) is 10.6. The topological polar surface area (TPSA) is 23.8 Å². The van der Waals surface area contributed by atoms with Gasteiger partial charge in [-0.15, -0.1) is 0 Å². The van der Waals surface area contributed by atoms with Crippen LogP contribution in [0.1, 0.15) is 71.6 Å². The Morgan fingerprint density at radius 1 is 0.933 bits per heavy atom. The van der Waals surface area contributed by atoms with Crippen LogP contribution in [0.5, 0.6) is 0 Å². The van der Waals surface area contributed by atoms with Gasteiger partial charge in [-0.2, -0.15) is 0 Å². The van der Waals surface area contributed by atoms with E-state index in [1.807, 2.05) is 6.92 Å². The van der Waals surface area contributed by atoms with E-state index in [1.54, 1.807) is 0 Å². The van der Waals surface area contributed by atoms with Gasteiger partial charge in [0.2, 0.25) is 0 Å². The number of rotatable bonds is 10. The van der Waals surface area contributed by atoms with Crippen molar-refractivity contribution >= 4 is 0 Å². The molecule has 0 aliphatic rings. The molecule has 1 nitrogen and oxygen atoms in total. The molecular formula is C14H28N. The molecule has 0 aromatic heterocycles. The molecule has 0 fully saturated rings. The van der Waals surface area contributed by atoms with Crippen LogP contribution in [0.3, 0.4) is 0 Å². The van der Waals surface area contributed by atoms with Crippen molar-refractivity contribution in [3.63, 3.8) is 0 Å². The molecule has 1 heteroatoms. The van der Waals surface area contributed by atoms with Gasteiger partial charge >= 0.3 is 0 Å². The molecule has 1 radical (unpaired) electrons. The largest absolute Gasteiger partial charge is 0.255 e. The minimum Gasteiger partial charge on any atom is -0.255 e. The lowest BCUT2D eigenvalue weighted by atomic mass is 10.1. The van der Waals surface area contributed by atoms with Crippen molar-refractivity contribution in [2.75, 3.05) is 0 Å². The smallest absolute Gasteiger partial charge is 0.0184 e. The minimum atomic E-state index is 0.138. The van der Waals surface area contributed by atoms with Gasteiger partial charge in [-0.05, 0) is 32.6 Å². The molecule has 1 atom stereocenters. The second-order valence-corrected chi connectivity index (χ2v) is 4.51. The van der Waals surface area contributed by atoms with Gasteiger partial charge in [0.05, 0.1) is 0 Å². The molecule has 0 rings (SSSR count). The molecular weight excluding hydrogens is 182 g/mol. The Kier molecular flexibility index (Phi) is 11.5. The number of hydrogen-bond donors (Lipinski definition) is 0. The Hall–Kier alpha value is -0.300. The van der Waals surface area contributed by atoms with Gasteiger partial charge in [-0.25, -0.2) is 0 Å². The van der Waals surface area contributed by atoms with Crippen molar-refractivity contribution in [2.24, 2.45) is 0 Å². The summed E-state index contributed by atoms with van der Waals surface area (Å²) in [6.07, 6.45) is 16.1. The summed E-state index contributed by atoms with van der Waals surface area (Å²) < 4.78 is 0. The van der Waals surface area contributed by atoms with Crippen LogP contribution in [0, 0.1) is 0 Å². The number of hydrogen-bond acceptors (Lipinski definition) is 0. The summed E-state index contributed by atoms with van der Waals surface area (Å²) in [5.74, 6) is 0. The van der Waals surface area contributed by atoms with Gasteiger partial charge in [0.25, 0.3) is 0 Å². The first-order valence-electron chi connectivity index (χ1n) is 6.63. The molecule has 89 valence electrons. The summed E-state index contributed by atoms with van der Waals surface area (Å²) in [4.78, 5) is 0. The molecule has 0 heterocycles. The molecule has 15 heavy (non-hydrogen) atoms. The van der Waals surface area contributed by atoms with Crippen LogP contribution in [0.25, 0.3) is 0 Å². The van der Waals surface area contributed by atoms with Crippen LogP contribution in [-0.4, -0.2) is 6.04 Å². The maximum Gasteiger partial charge on any atom is 0.0184 e. The van der Waals surface area contributed by atoms with E-state index in [0.29, 0.717) is 0 Å². The Labute approximate surface area is 96.1 Å². The molecule has 0 saturated carbocycles. The third-order valence-corrected chi connectivity index (χ3v) is 2.65. The average molecular weight is 210 g/mol. The van der Waals surface area contributed by atoms with Crippen LogP contribution in [0.4, 0.5) is 0 Å². The van der Waals surface area contributed by atoms with Crippen molar-refractivity contribution in [1.29, 1.82) is 0 Å². The van der Waals surface area contributed by atoms with Crippen LogP contribution >= 0.6 is 0 Å². The predicted molar refractivity (Wildman–Crippen MR) is 68.9 cm³/mol. The highest BCUT2D eigenvalue weighted by molar-refractivity contribution is 4.81. The van der Waals surface area contributed by atoms with Gasteiger partial charge in [-0.1, -0.05) is 51.2 Å². The van der Waals surface area contributed by atoms with E-state index >= 15 is 0 Å². The van der Waals surface area contributed by atoms with E-state index in [2.05, 4.69) is 19.1 Å². The van der Waals surface area contributed by atoms with Crippen molar-refractivity contribution in [3.8, 4) is 0 Å². The molecule has 1 N–H and O–H groups in total. The maximum absolute atomic E-state index is 7.38. The van der Waals surface area contributed by atoms with Gasteiger partial charge in [0, 0.05) is 6.04 Å². The second-order valence-electron chi connectivity index (χ2n) is 4.51. The van der Waals surface area contributed by atoms with Crippen molar-refractivity contribution in [3.05, 3.63) is 12.2 Å². The fourth-order valence-electron chi connectivity index (χ4n) is 1.62. The Morgan fingerprint density at radius 3 is 2.13 bits per heavy atom. The first-order chi connectivity index (χ1) is 7.27. The summed E-state index contributed by atoms with van der Waals surface area (Å²) in [6.45, 7) is 4.22. The van der Waals surface area contributed by atoms with Gasteiger partial charge < -0.3 is 0 Å². The van der Waals surface area contributed by atoms with E-state index in [-0.39, 0.29) is 6.04 Å². The standard InChI is InChI=1S/C14H28N/c1-3-4-5-6-7-8-9-10-11-12-13-14(2)15/h6-7,14-15H,3-5,8-13H2,1-2H3. The van der Waals surface area contributed by atoms with E-state index < -0.39 is 0 Å². The van der Waals surface area contributed by atoms with E-state index in [9.17, 15) is 0 Å². The van der Waals surface area contributed by atoms with Crippen LogP contribution in [0.15, 0.2) is 12.2 Å². The monoisotopic (exact) mass is 210 g/mol. The van der Waals surface area contributed by atoms with Crippen molar-refractivity contribution < 1.29 is 0 Å². The first-order valence-corrected chi connectivity index (χ1v) is 6.63. The van der Waals surface area contributed by atoms with Crippen LogP contribution in [0.2, 0.25) is 0 Å². The number of allylic oxidation sites excluding steroid dienone is 2. The predicted octanol–water partition coefficient (Wildman–Crippen LogP) is 4.74. The first kappa shape index (κ1) is 14.7. The molecule has 0 aromatic rings. The molecule has 0 spiro atoms.